The first-order valence-corrected chi connectivity index (χ1v) is 7.93. The van der Waals surface area contributed by atoms with Crippen molar-refractivity contribution in [3.63, 3.8) is 0 Å². The number of halogens is 1. The van der Waals surface area contributed by atoms with Crippen molar-refractivity contribution >= 4 is 23.4 Å². The van der Waals surface area contributed by atoms with Crippen molar-refractivity contribution in [1.82, 2.24) is 0 Å². The van der Waals surface area contributed by atoms with Crippen LogP contribution in [-0.4, -0.2) is 5.91 Å². The first kappa shape index (κ1) is 15.3. The molecule has 0 radical (unpaired) electrons. The van der Waals surface area contributed by atoms with E-state index in [-0.39, 0.29) is 5.91 Å². The molecule has 0 aliphatic carbocycles. The van der Waals surface area contributed by atoms with E-state index in [2.05, 4.69) is 5.32 Å². The molecular weight excluding hydrogens is 309 g/mol. The Bertz CT molecular complexity index is 820. The van der Waals surface area contributed by atoms with Crippen LogP contribution in [0.15, 0.2) is 88.7 Å². The number of nitrogens with one attached hydrogen (secondary N) is 1. The predicted molar refractivity (Wildman–Crippen MR) is 91.4 cm³/mol. The normalized spacial score (nSPS) is 10.3. The van der Waals surface area contributed by atoms with Crippen LogP contribution in [0.25, 0.3) is 0 Å². The number of benzene rings is 3. The Kier molecular flexibility index (Phi) is 4.74. The molecule has 0 aliphatic rings. The highest BCUT2D eigenvalue weighted by Crippen LogP contribution is 2.33. The Labute approximate surface area is 138 Å². The highest BCUT2D eigenvalue weighted by Gasteiger charge is 2.10. The second-order valence-electron chi connectivity index (χ2n) is 4.88. The van der Waals surface area contributed by atoms with E-state index in [1.54, 1.807) is 17.8 Å². The number of hydrogen-bond donors (Lipinski definition) is 1. The van der Waals surface area contributed by atoms with Crippen molar-refractivity contribution < 1.29 is 9.18 Å². The van der Waals surface area contributed by atoms with Crippen LogP contribution < -0.4 is 5.32 Å². The minimum absolute atomic E-state index is 0.296. The number of anilines is 1. The van der Waals surface area contributed by atoms with Crippen LogP contribution in [0.4, 0.5) is 10.1 Å². The van der Waals surface area contributed by atoms with Crippen molar-refractivity contribution in [3.05, 3.63) is 90.2 Å². The fourth-order valence-corrected chi connectivity index (χ4v) is 3.02. The maximum atomic E-state index is 13.2. The molecule has 0 atom stereocenters. The van der Waals surface area contributed by atoms with Crippen LogP contribution in [0.5, 0.6) is 0 Å². The quantitative estimate of drug-likeness (QED) is 0.712. The smallest absolute Gasteiger partial charge is 0.255 e. The van der Waals surface area contributed by atoms with Gasteiger partial charge < -0.3 is 5.32 Å². The van der Waals surface area contributed by atoms with Crippen molar-refractivity contribution in [1.29, 1.82) is 0 Å². The zero-order valence-electron chi connectivity index (χ0n) is 12.2. The van der Waals surface area contributed by atoms with Gasteiger partial charge in [0.05, 0.1) is 5.69 Å². The second-order valence-corrected chi connectivity index (χ2v) is 5.99. The summed E-state index contributed by atoms with van der Waals surface area (Å²) in [6.45, 7) is 0. The van der Waals surface area contributed by atoms with E-state index in [9.17, 15) is 9.18 Å². The van der Waals surface area contributed by atoms with Crippen molar-refractivity contribution in [2.24, 2.45) is 0 Å². The highest BCUT2D eigenvalue weighted by atomic mass is 32.2. The average Bonchev–Trinajstić information content (AvgIpc) is 2.57. The van der Waals surface area contributed by atoms with E-state index in [1.165, 1.54) is 18.2 Å². The summed E-state index contributed by atoms with van der Waals surface area (Å²) in [5.41, 5.74) is 1.00. The van der Waals surface area contributed by atoms with E-state index in [1.807, 2.05) is 54.6 Å². The molecule has 3 aromatic rings. The SMILES string of the molecule is O=C(Nc1ccccc1Sc1ccccc1)c1cccc(F)c1. The van der Waals surface area contributed by atoms with E-state index < -0.39 is 5.82 Å². The van der Waals surface area contributed by atoms with Gasteiger partial charge in [-0.1, -0.05) is 48.2 Å². The van der Waals surface area contributed by atoms with Crippen LogP contribution in [0, 0.1) is 5.82 Å². The summed E-state index contributed by atoms with van der Waals surface area (Å²) in [7, 11) is 0. The van der Waals surface area contributed by atoms with Gasteiger partial charge in [-0.25, -0.2) is 4.39 Å². The summed E-state index contributed by atoms with van der Waals surface area (Å²) in [4.78, 5) is 14.3. The van der Waals surface area contributed by atoms with Gasteiger partial charge in [0, 0.05) is 15.4 Å². The molecule has 0 spiro atoms. The summed E-state index contributed by atoms with van der Waals surface area (Å²) in [6.07, 6.45) is 0. The van der Waals surface area contributed by atoms with E-state index >= 15 is 0 Å². The fourth-order valence-electron chi connectivity index (χ4n) is 2.10. The lowest BCUT2D eigenvalue weighted by atomic mass is 10.2. The zero-order valence-corrected chi connectivity index (χ0v) is 13.0. The molecule has 0 aromatic heterocycles. The van der Waals surface area contributed by atoms with Gasteiger partial charge in [-0.05, 0) is 42.5 Å². The van der Waals surface area contributed by atoms with Gasteiger partial charge in [0.2, 0.25) is 0 Å². The maximum Gasteiger partial charge on any atom is 0.255 e. The molecule has 114 valence electrons. The number of amides is 1. The molecule has 0 aliphatic heterocycles. The van der Waals surface area contributed by atoms with Crippen LogP contribution in [-0.2, 0) is 0 Å². The van der Waals surface area contributed by atoms with Crippen LogP contribution >= 0.6 is 11.8 Å². The van der Waals surface area contributed by atoms with Crippen LogP contribution in [0.3, 0.4) is 0 Å². The molecule has 2 nitrogen and oxygen atoms in total. The molecular formula is C19H14FNOS. The molecule has 0 bridgehead atoms. The van der Waals surface area contributed by atoms with Gasteiger partial charge >= 0.3 is 0 Å². The summed E-state index contributed by atoms with van der Waals surface area (Å²) >= 11 is 1.57. The maximum absolute atomic E-state index is 13.2. The summed E-state index contributed by atoms with van der Waals surface area (Å²) in [5.74, 6) is -0.754. The Morgan fingerprint density at radius 2 is 1.61 bits per heavy atom. The minimum Gasteiger partial charge on any atom is -0.321 e. The predicted octanol–water partition coefficient (Wildman–Crippen LogP) is 5.23. The second kappa shape index (κ2) is 7.11. The third-order valence-corrected chi connectivity index (χ3v) is 4.28. The molecule has 0 fully saturated rings. The van der Waals surface area contributed by atoms with Crippen molar-refractivity contribution in [2.75, 3.05) is 5.32 Å². The lowest BCUT2D eigenvalue weighted by Crippen LogP contribution is -2.12. The first-order chi connectivity index (χ1) is 11.2. The van der Waals surface area contributed by atoms with Gasteiger partial charge in [-0.3, -0.25) is 4.79 Å². The van der Waals surface area contributed by atoms with Crippen LogP contribution in [0.2, 0.25) is 0 Å². The molecule has 1 amide bonds. The molecule has 1 N–H and O–H groups in total. The first-order valence-electron chi connectivity index (χ1n) is 7.11. The molecule has 4 heteroatoms. The Morgan fingerprint density at radius 1 is 0.870 bits per heavy atom. The highest BCUT2D eigenvalue weighted by molar-refractivity contribution is 7.99. The average molecular weight is 323 g/mol. The molecule has 3 rings (SSSR count). The molecule has 0 unspecified atom stereocenters. The standard InChI is InChI=1S/C19H14FNOS/c20-15-8-6-7-14(13-15)19(22)21-17-11-4-5-12-18(17)23-16-9-2-1-3-10-16/h1-13H,(H,21,22). The number of carbonyl (C=O) groups excluding carboxylic acids is 1. The Balaban J connectivity index is 1.82. The monoisotopic (exact) mass is 323 g/mol. The molecule has 3 aromatic carbocycles. The number of rotatable bonds is 4. The summed E-state index contributed by atoms with van der Waals surface area (Å²) in [5, 5.41) is 2.85. The molecule has 0 saturated carbocycles. The molecule has 23 heavy (non-hydrogen) atoms. The summed E-state index contributed by atoms with van der Waals surface area (Å²) in [6, 6.07) is 23.1. The lowest BCUT2D eigenvalue weighted by Gasteiger charge is -2.11. The van der Waals surface area contributed by atoms with Gasteiger partial charge in [-0.15, -0.1) is 0 Å². The zero-order chi connectivity index (χ0) is 16.1. The molecule has 0 heterocycles. The summed E-state index contributed by atoms with van der Waals surface area (Å²) < 4.78 is 13.2. The Morgan fingerprint density at radius 3 is 2.39 bits per heavy atom. The minimum atomic E-state index is -0.426. The van der Waals surface area contributed by atoms with Crippen LogP contribution in [0.1, 0.15) is 10.4 Å². The Hall–Kier alpha value is -2.59. The van der Waals surface area contributed by atoms with Gasteiger partial charge in [-0.2, -0.15) is 0 Å². The topological polar surface area (TPSA) is 29.1 Å². The third kappa shape index (κ3) is 3.99. The van der Waals surface area contributed by atoms with E-state index in [0.717, 1.165) is 9.79 Å². The molecule has 0 saturated heterocycles. The number of hydrogen-bond acceptors (Lipinski definition) is 2. The van der Waals surface area contributed by atoms with Gasteiger partial charge in [0.25, 0.3) is 5.91 Å². The largest absolute Gasteiger partial charge is 0.321 e. The van der Waals surface area contributed by atoms with Gasteiger partial charge in [0.15, 0.2) is 0 Å². The van der Waals surface area contributed by atoms with E-state index in [0.29, 0.717) is 11.3 Å². The van der Waals surface area contributed by atoms with Crippen molar-refractivity contribution in [3.8, 4) is 0 Å². The van der Waals surface area contributed by atoms with E-state index in [4.69, 9.17) is 0 Å². The fraction of sp³-hybridized carbons (Fsp3) is 0. The van der Waals surface area contributed by atoms with Gasteiger partial charge in [0.1, 0.15) is 5.82 Å². The lowest BCUT2D eigenvalue weighted by molar-refractivity contribution is 0.102. The van der Waals surface area contributed by atoms with Crippen molar-refractivity contribution in [2.45, 2.75) is 9.79 Å². The number of para-hydroxylation sites is 1. The number of carbonyl (C=O) groups is 1. The third-order valence-electron chi connectivity index (χ3n) is 3.19.